The molecule has 2 nitrogen and oxygen atoms in total. The van der Waals surface area contributed by atoms with Gasteiger partial charge in [-0.05, 0) is 74.3 Å². The summed E-state index contributed by atoms with van der Waals surface area (Å²) in [5.41, 5.74) is 8.85. The van der Waals surface area contributed by atoms with Crippen molar-refractivity contribution in [3.8, 4) is 0 Å². The van der Waals surface area contributed by atoms with E-state index in [0.29, 0.717) is 0 Å². The number of aliphatic imine (C=N–C) groups is 2. The van der Waals surface area contributed by atoms with E-state index in [-0.39, 0.29) is 2.85 Å². The van der Waals surface area contributed by atoms with Crippen LogP contribution in [0.5, 0.6) is 0 Å². The first-order valence-electron chi connectivity index (χ1n) is 8.22. The Morgan fingerprint density at radius 3 is 1.08 bits per heavy atom. The molecule has 0 amide bonds. The molecule has 3 rings (SSSR count). The summed E-state index contributed by atoms with van der Waals surface area (Å²) < 4.78 is 0. The molecule has 0 spiro atoms. The third kappa shape index (κ3) is 3.13. The molecular weight excluding hydrogens is 292 g/mol. The van der Waals surface area contributed by atoms with E-state index in [2.05, 4.69) is 27.7 Å². The molecule has 2 heteroatoms. The number of benzene rings is 2. The molecule has 0 saturated heterocycles. The van der Waals surface area contributed by atoms with E-state index < -0.39 is 0 Å². The molecule has 0 aliphatic heterocycles. The van der Waals surface area contributed by atoms with Crippen molar-refractivity contribution < 1.29 is 2.85 Å². The molecule has 0 saturated carbocycles. The fraction of sp³-hybridized carbons (Fsp3) is 0.182. The van der Waals surface area contributed by atoms with E-state index in [1.807, 2.05) is 60.7 Å². The standard InChI is InChI=1S/C22H22N2/c1-15-16(2)22(24-20-13-9-6-10-14-20)18(4)17(3)21(15)23-19-11-7-5-8-12-19/h5-14H,1-4H3/p+2. The Bertz CT molecular complexity index is 773. The van der Waals surface area contributed by atoms with Crippen LogP contribution in [0.15, 0.2) is 92.9 Å². The van der Waals surface area contributed by atoms with Crippen LogP contribution < -0.4 is 0 Å². The zero-order valence-electron chi connectivity index (χ0n) is 16.7. The molecule has 2 aromatic carbocycles. The number of allylic oxidation sites excluding steroid dienone is 4. The van der Waals surface area contributed by atoms with Gasteiger partial charge in [0.1, 0.15) is 0 Å². The predicted octanol–water partition coefficient (Wildman–Crippen LogP) is 6.44. The van der Waals surface area contributed by atoms with Gasteiger partial charge in [-0.15, -0.1) is 0 Å². The second kappa shape index (κ2) is 6.79. The van der Waals surface area contributed by atoms with E-state index >= 15 is 0 Å². The van der Waals surface area contributed by atoms with Gasteiger partial charge in [-0.3, -0.25) is 0 Å². The summed E-state index contributed by atoms with van der Waals surface area (Å²) in [6.07, 6.45) is 0. The number of hydrogen-bond donors (Lipinski definition) is 0. The maximum absolute atomic E-state index is 4.87. The van der Waals surface area contributed by atoms with Gasteiger partial charge in [0.15, 0.2) is 0 Å². The predicted molar refractivity (Wildman–Crippen MR) is 106 cm³/mol. The van der Waals surface area contributed by atoms with Crippen molar-refractivity contribution in [3.63, 3.8) is 0 Å². The summed E-state index contributed by atoms with van der Waals surface area (Å²) in [4.78, 5) is 9.74. The minimum Gasteiger partial charge on any atom is -0.248 e. The zero-order valence-corrected chi connectivity index (χ0v) is 14.7. The van der Waals surface area contributed by atoms with Crippen LogP contribution in [-0.4, -0.2) is 11.4 Å². The first-order chi connectivity index (χ1) is 11.6. The average molecular weight is 316 g/mol. The molecule has 0 heterocycles. The lowest BCUT2D eigenvalue weighted by Gasteiger charge is -2.22. The van der Waals surface area contributed by atoms with Crippen LogP contribution in [0.2, 0.25) is 0 Å². The molecule has 0 atom stereocenters. The Hall–Kier alpha value is -2.74. The molecule has 2 aromatic rings. The average Bonchev–Trinajstić information content (AvgIpc) is 2.62. The van der Waals surface area contributed by atoms with Crippen molar-refractivity contribution in [2.24, 2.45) is 9.98 Å². The second-order valence-electron chi connectivity index (χ2n) is 6.09. The lowest BCUT2D eigenvalue weighted by Crippen LogP contribution is -2.19. The van der Waals surface area contributed by atoms with Crippen molar-refractivity contribution in [1.29, 1.82) is 0 Å². The zero-order chi connectivity index (χ0) is 17.1. The minimum atomic E-state index is 0. The van der Waals surface area contributed by atoms with E-state index in [0.717, 1.165) is 22.8 Å². The van der Waals surface area contributed by atoms with Crippen molar-refractivity contribution in [1.82, 2.24) is 0 Å². The highest BCUT2D eigenvalue weighted by Gasteiger charge is 2.22. The van der Waals surface area contributed by atoms with Gasteiger partial charge >= 0.3 is 2.85 Å². The first kappa shape index (κ1) is 16.1. The van der Waals surface area contributed by atoms with Crippen LogP contribution in [0.25, 0.3) is 0 Å². The molecule has 120 valence electrons. The topological polar surface area (TPSA) is 24.7 Å². The van der Waals surface area contributed by atoms with Gasteiger partial charge in [0.25, 0.3) is 0 Å². The molecule has 1 aliphatic carbocycles. The van der Waals surface area contributed by atoms with Gasteiger partial charge in [-0.25, -0.2) is 9.98 Å². The third-order valence-electron chi connectivity index (χ3n) is 4.54. The van der Waals surface area contributed by atoms with Gasteiger partial charge in [0.2, 0.25) is 0 Å². The van der Waals surface area contributed by atoms with Crippen molar-refractivity contribution in [2.45, 2.75) is 27.7 Å². The highest BCUT2D eigenvalue weighted by molar-refractivity contribution is 6.28. The molecule has 0 fully saturated rings. The normalized spacial score (nSPS) is 15.0. The quantitative estimate of drug-likeness (QED) is 0.569. The van der Waals surface area contributed by atoms with E-state index in [1.165, 1.54) is 22.3 Å². The van der Waals surface area contributed by atoms with Crippen LogP contribution >= 0.6 is 0 Å². The smallest absolute Gasteiger partial charge is 0.248 e. The molecule has 1 aliphatic rings. The van der Waals surface area contributed by atoms with Crippen molar-refractivity contribution in [2.75, 3.05) is 0 Å². The van der Waals surface area contributed by atoms with Crippen LogP contribution in [0.1, 0.15) is 30.5 Å². The van der Waals surface area contributed by atoms with E-state index in [4.69, 9.17) is 9.98 Å². The number of para-hydroxylation sites is 2. The first-order valence-corrected chi connectivity index (χ1v) is 8.22. The Balaban J connectivity index is 0.00000169. The van der Waals surface area contributed by atoms with Gasteiger partial charge in [-0.1, -0.05) is 36.4 Å². The van der Waals surface area contributed by atoms with Crippen molar-refractivity contribution >= 4 is 22.8 Å². The summed E-state index contributed by atoms with van der Waals surface area (Å²) in [5.74, 6) is 0. The Kier molecular flexibility index (Phi) is 4.57. The molecule has 24 heavy (non-hydrogen) atoms. The van der Waals surface area contributed by atoms with Gasteiger partial charge in [0, 0.05) is 0 Å². The highest BCUT2D eigenvalue weighted by atomic mass is 14.8. The maximum atomic E-state index is 4.87. The molecule has 0 N–H and O–H groups in total. The SMILES string of the molecule is CC1=C(C)C(=Nc2ccccc2)C(C)=C(C)C1=Nc1ccccc1.[H+].[H+]. The minimum absolute atomic E-state index is 0. The monoisotopic (exact) mass is 316 g/mol. The molecule has 0 aromatic heterocycles. The molecule has 0 bridgehead atoms. The third-order valence-corrected chi connectivity index (χ3v) is 4.54. The molecular formula is C22H24N2+2. The van der Waals surface area contributed by atoms with Gasteiger partial charge < -0.3 is 0 Å². The Morgan fingerprint density at radius 2 is 0.792 bits per heavy atom. The Morgan fingerprint density at radius 1 is 0.500 bits per heavy atom. The van der Waals surface area contributed by atoms with E-state index in [9.17, 15) is 0 Å². The van der Waals surface area contributed by atoms with Gasteiger partial charge in [0.05, 0.1) is 22.8 Å². The highest BCUT2D eigenvalue weighted by Crippen LogP contribution is 2.29. The van der Waals surface area contributed by atoms with Crippen LogP contribution in [0, 0.1) is 0 Å². The van der Waals surface area contributed by atoms with Crippen molar-refractivity contribution in [3.05, 3.63) is 83.0 Å². The molecule has 0 unspecified atom stereocenters. The van der Waals surface area contributed by atoms with Crippen LogP contribution in [-0.2, 0) is 0 Å². The van der Waals surface area contributed by atoms with Crippen LogP contribution in [0.4, 0.5) is 11.4 Å². The summed E-state index contributed by atoms with van der Waals surface area (Å²) in [5, 5.41) is 0. The summed E-state index contributed by atoms with van der Waals surface area (Å²) >= 11 is 0. The number of rotatable bonds is 2. The number of hydrogen-bond acceptors (Lipinski definition) is 2. The van der Waals surface area contributed by atoms with E-state index in [1.54, 1.807) is 0 Å². The Labute approximate surface area is 147 Å². The summed E-state index contributed by atoms with van der Waals surface area (Å²) in [7, 11) is 0. The number of nitrogens with zero attached hydrogens (tertiary/aromatic N) is 2. The molecule has 0 radical (unpaired) electrons. The maximum Gasteiger partial charge on any atom is 1.00 e. The van der Waals surface area contributed by atoms with Crippen LogP contribution in [0.3, 0.4) is 0 Å². The fourth-order valence-electron chi connectivity index (χ4n) is 2.87. The van der Waals surface area contributed by atoms with Gasteiger partial charge in [-0.2, -0.15) is 0 Å². The lowest BCUT2D eigenvalue weighted by atomic mass is 9.85. The fourth-order valence-corrected chi connectivity index (χ4v) is 2.87. The lowest BCUT2D eigenvalue weighted by molar-refractivity contribution is 1.29. The second-order valence-corrected chi connectivity index (χ2v) is 6.09. The summed E-state index contributed by atoms with van der Waals surface area (Å²) in [6, 6.07) is 20.2. The largest absolute Gasteiger partial charge is 1.00 e. The summed E-state index contributed by atoms with van der Waals surface area (Å²) in [6.45, 7) is 8.53.